The van der Waals surface area contributed by atoms with Crippen LogP contribution in [0.25, 0.3) is 0 Å². The first-order chi connectivity index (χ1) is 12.1. The molecule has 0 radical (unpaired) electrons. The van der Waals surface area contributed by atoms with Gasteiger partial charge in [-0.3, -0.25) is 10.1 Å². The SMILES string of the molecule is CN1C(=O)NC(=O)C2C1N=C(SCCO)N2CCCc1ccccc1. The molecule has 0 saturated carbocycles. The summed E-state index contributed by atoms with van der Waals surface area (Å²) in [4.78, 5) is 32.2. The molecule has 2 aliphatic rings. The monoisotopic (exact) mass is 362 g/mol. The number of aliphatic hydroxyl groups excluding tert-OH is 1. The van der Waals surface area contributed by atoms with Crippen molar-refractivity contribution in [3.8, 4) is 0 Å². The van der Waals surface area contributed by atoms with Crippen LogP contribution in [0.4, 0.5) is 4.79 Å². The van der Waals surface area contributed by atoms with Crippen molar-refractivity contribution in [2.24, 2.45) is 4.99 Å². The number of amides is 3. The number of nitrogens with zero attached hydrogens (tertiary/aromatic N) is 3. The largest absolute Gasteiger partial charge is 0.396 e. The van der Waals surface area contributed by atoms with Crippen LogP contribution in [0.1, 0.15) is 12.0 Å². The zero-order valence-electron chi connectivity index (χ0n) is 14.1. The van der Waals surface area contributed by atoms with Gasteiger partial charge in [-0.15, -0.1) is 0 Å². The maximum absolute atomic E-state index is 12.4. The number of imide groups is 1. The highest BCUT2D eigenvalue weighted by Gasteiger charge is 2.48. The topological polar surface area (TPSA) is 85.2 Å². The first-order valence-corrected chi connectivity index (χ1v) is 9.30. The summed E-state index contributed by atoms with van der Waals surface area (Å²) in [5.74, 6) is 0.198. The Hall–Kier alpha value is -2.06. The van der Waals surface area contributed by atoms with E-state index < -0.39 is 18.2 Å². The third-order valence-corrected chi connectivity index (χ3v) is 5.34. The Morgan fingerprint density at radius 3 is 2.76 bits per heavy atom. The molecule has 0 aliphatic carbocycles. The Balaban J connectivity index is 1.71. The highest BCUT2D eigenvalue weighted by atomic mass is 32.2. The van der Waals surface area contributed by atoms with Crippen LogP contribution in [0.15, 0.2) is 35.3 Å². The minimum absolute atomic E-state index is 0.0395. The number of carbonyl (C=O) groups is 2. The summed E-state index contributed by atoms with van der Waals surface area (Å²) in [6, 6.07) is 9.27. The zero-order chi connectivity index (χ0) is 17.8. The molecule has 3 rings (SSSR count). The molecule has 2 N–H and O–H groups in total. The van der Waals surface area contributed by atoms with Crippen molar-refractivity contribution < 1.29 is 14.7 Å². The van der Waals surface area contributed by atoms with Gasteiger partial charge >= 0.3 is 6.03 Å². The second-order valence-electron chi connectivity index (χ2n) is 6.03. The lowest BCUT2D eigenvalue weighted by atomic mass is 10.1. The average Bonchev–Trinajstić information content (AvgIpc) is 2.98. The molecule has 0 bridgehead atoms. The van der Waals surface area contributed by atoms with Gasteiger partial charge in [0.1, 0.15) is 0 Å². The quantitative estimate of drug-likeness (QED) is 0.785. The smallest absolute Gasteiger partial charge is 0.325 e. The van der Waals surface area contributed by atoms with Crippen LogP contribution in [-0.4, -0.2) is 70.2 Å². The standard InChI is InChI=1S/C17H22N4O3S/c1-20-14-13(15(23)19-16(20)24)21(17(18-14)25-11-10-22)9-5-8-12-6-3-2-4-7-12/h2-4,6-7,13-14,22H,5,8-11H2,1H3,(H,19,23,24). The molecule has 7 nitrogen and oxygen atoms in total. The number of carbonyl (C=O) groups excluding carboxylic acids is 2. The van der Waals surface area contributed by atoms with Crippen LogP contribution >= 0.6 is 11.8 Å². The molecule has 2 atom stereocenters. The Morgan fingerprint density at radius 2 is 2.04 bits per heavy atom. The van der Waals surface area contributed by atoms with Gasteiger partial charge in [-0.25, -0.2) is 9.79 Å². The lowest BCUT2D eigenvalue weighted by Gasteiger charge is -2.36. The van der Waals surface area contributed by atoms with Crippen LogP contribution < -0.4 is 5.32 Å². The highest BCUT2D eigenvalue weighted by Crippen LogP contribution is 2.28. The summed E-state index contributed by atoms with van der Waals surface area (Å²) < 4.78 is 0. The van der Waals surface area contributed by atoms with Crippen LogP contribution in [0.3, 0.4) is 0 Å². The fourth-order valence-electron chi connectivity index (χ4n) is 3.09. The normalized spacial score (nSPS) is 22.7. The molecule has 3 amide bonds. The molecule has 1 fully saturated rings. The maximum atomic E-state index is 12.4. The summed E-state index contributed by atoms with van der Waals surface area (Å²) in [6.07, 6.45) is 1.28. The molecule has 2 unspecified atom stereocenters. The number of fused-ring (bicyclic) bond motifs is 1. The number of rotatable bonds is 6. The Morgan fingerprint density at radius 1 is 1.28 bits per heavy atom. The van der Waals surface area contributed by atoms with Gasteiger partial charge in [-0.1, -0.05) is 42.1 Å². The summed E-state index contributed by atoms with van der Waals surface area (Å²) in [6.45, 7) is 0.709. The number of hydrogen-bond donors (Lipinski definition) is 2. The number of nitrogens with one attached hydrogen (secondary N) is 1. The van der Waals surface area contributed by atoms with Crippen molar-refractivity contribution in [1.82, 2.24) is 15.1 Å². The van der Waals surface area contributed by atoms with E-state index in [0.29, 0.717) is 17.5 Å². The van der Waals surface area contributed by atoms with E-state index in [9.17, 15) is 9.59 Å². The third kappa shape index (κ3) is 3.80. The van der Waals surface area contributed by atoms with Crippen molar-refractivity contribution >= 4 is 28.9 Å². The van der Waals surface area contributed by atoms with Crippen molar-refractivity contribution in [3.05, 3.63) is 35.9 Å². The zero-order valence-corrected chi connectivity index (χ0v) is 14.9. The van der Waals surface area contributed by atoms with Gasteiger partial charge < -0.3 is 14.9 Å². The molecule has 2 heterocycles. The molecule has 8 heteroatoms. The van der Waals surface area contributed by atoms with Crippen molar-refractivity contribution in [2.45, 2.75) is 25.0 Å². The fourth-order valence-corrected chi connectivity index (χ4v) is 3.92. The van der Waals surface area contributed by atoms with Gasteiger partial charge in [-0.2, -0.15) is 0 Å². The van der Waals surface area contributed by atoms with Crippen LogP contribution in [0.2, 0.25) is 0 Å². The minimum atomic E-state index is -0.501. The molecule has 2 aliphatic heterocycles. The molecular weight excluding hydrogens is 340 g/mol. The van der Waals surface area contributed by atoms with Gasteiger partial charge in [0, 0.05) is 19.3 Å². The van der Waals surface area contributed by atoms with Gasteiger partial charge in [0.05, 0.1) is 6.61 Å². The number of aliphatic imine (C=N–C) groups is 1. The maximum Gasteiger partial charge on any atom is 0.325 e. The van der Waals surface area contributed by atoms with E-state index in [1.165, 1.54) is 22.2 Å². The highest BCUT2D eigenvalue weighted by molar-refractivity contribution is 8.13. The molecule has 25 heavy (non-hydrogen) atoms. The number of hydrogen-bond acceptors (Lipinski definition) is 6. The first-order valence-electron chi connectivity index (χ1n) is 8.31. The van der Waals surface area contributed by atoms with Crippen molar-refractivity contribution in [3.63, 3.8) is 0 Å². The average molecular weight is 362 g/mol. The van der Waals surface area contributed by atoms with E-state index in [1.807, 2.05) is 23.1 Å². The number of aliphatic hydroxyl groups is 1. The van der Waals surface area contributed by atoms with E-state index in [-0.39, 0.29) is 12.5 Å². The molecule has 0 aromatic heterocycles. The number of amidine groups is 1. The second-order valence-corrected chi connectivity index (χ2v) is 7.09. The number of thioether (sulfide) groups is 1. The van der Waals surface area contributed by atoms with Gasteiger partial charge in [0.2, 0.25) is 0 Å². The number of urea groups is 1. The van der Waals surface area contributed by atoms with Crippen LogP contribution in [0, 0.1) is 0 Å². The molecule has 134 valence electrons. The van der Waals surface area contributed by atoms with Crippen LogP contribution in [-0.2, 0) is 11.2 Å². The third-order valence-electron chi connectivity index (χ3n) is 4.35. The number of benzene rings is 1. The van der Waals surface area contributed by atoms with Crippen LogP contribution in [0.5, 0.6) is 0 Å². The van der Waals surface area contributed by atoms with E-state index in [0.717, 1.165) is 12.8 Å². The molecular formula is C17H22N4O3S. The van der Waals surface area contributed by atoms with E-state index in [2.05, 4.69) is 22.4 Å². The van der Waals surface area contributed by atoms with Crippen molar-refractivity contribution in [2.75, 3.05) is 26.0 Å². The van der Waals surface area contributed by atoms with E-state index in [4.69, 9.17) is 5.11 Å². The number of aryl methyl sites for hydroxylation is 1. The van der Waals surface area contributed by atoms with Gasteiger partial charge in [0.25, 0.3) is 5.91 Å². The fraction of sp³-hybridized carbons (Fsp3) is 0.471. The van der Waals surface area contributed by atoms with E-state index >= 15 is 0 Å². The van der Waals surface area contributed by atoms with Gasteiger partial charge in [0.15, 0.2) is 17.4 Å². The lowest BCUT2D eigenvalue weighted by Crippen LogP contribution is -2.63. The minimum Gasteiger partial charge on any atom is -0.396 e. The summed E-state index contributed by atoms with van der Waals surface area (Å²) in [7, 11) is 1.64. The molecule has 1 aromatic rings. The molecule has 0 spiro atoms. The number of likely N-dealkylation sites (N-methyl/N-ethyl adjacent to an activating group) is 1. The Labute approximate surface area is 151 Å². The lowest BCUT2D eigenvalue weighted by molar-refractivity contribution is -0.127. The summed E-state index contributed by atoms with van der Waals surface area (Å²) in [5, 5.41) is 12.2. The predicted molar refractivity (Wildman–Crippen MR) is 97.3 cm³/mol. The molecule has 1 saturated heterocycles. The van der Waals surface area contributed by atoms with Crippen molar-refractivity contribution in [1.29, 1.82) is 0 Å². The first kappa shape index (κ1) is 17.8. The predicted octanol–water partition coefficient (Wildman–Crippen LogP) is 0.893. The molecule has 1 aromatic carbocycles. The van der Waals surface area contributed by atoms with E-state index in [1.54, 1.807) is 7.05 Å². The van der Waals surface area contributed by atoms with Gasteiger partial charge in [-0.05, 0) is 18.4 Å². The Kier molecular flexibility index (Phi) is 5.60. The summed E-state index contributed by atoms with van der Waals surface area (Å²) in [5.41, 5.74) is 1.25. The Bertz CT molecular complexity index is 667. The second kappa shape index (κ2) is 7.88. The summed E-state index contributed by atoms with van der Waals surface area (Å²) >= 11 is 1.42.